The number of allylic oxidation sites excluding steroid dienone is 7. The Morgan fingerprint density at radius 2 is 2.45 bits per heavy atom. The van der Waals surface area contributed by atoms with Gasteiger partial charge in [0.15, 0.2) is 0 Å². The topological polar surface area (TPSA) is 0 Å². The zero-order valence-electron chi connectivity index (χ0n) is 6.39. The fraction of sp³-hybridized carbons (Fsp3) is 0.200. The van der Waals surface area contributed by atoms with Crippen LogP contribution in [0.3, 0.4) is 0 Å². The third kappa shape index (κ3) is 2.39. The van der Waals surface area contributed by atoms with Crippen LogP contribution in [-0.4, -0.2) is 0 Å². The molecule has 0 nitrogen and oxygen atoms in total. The molecule has 0 saturated heterocycles. The minimum Gasteiger partial charge on any atom is -0.103 e. The SMILES string of the molecule is C=CCC1=CC=CCC=C1Cl. The van der Waals surface area contributed by atoms with Crippen LogP contribution in [0.25, 0.3) is 0 Å². The maximum Gasteiger partial charge on any atom is 0.0404 e. The van der Waals surface area contributed by atoms with Gasteiger partial charge >= 0.3 is 0 Å². The molecular formula is C10H11Cl. The van der Waals surface area contributed by atoms with Gasteiger partial charge < -0.3 is 0 Å². The summed E-state index contributed by atoms with van der Waals surface area (Å²) in [6, 6.07) is 0. The Hall–Kier alpha value is -0.750. The molecule has 0 spiro atoms. The molecular weight excluding hydrogens is 156 g/mol. The quantitative estimate of drug-likeness (QED) is 0.551. The molecule has 0 amide bonds. The first-order chi connectivity index (χ1) is 5.34. The first-order valence-corrected chi connectivity index (χ1v) is 4.05. The summed E-state index contributed by atoms with van der Waals surface area (Å²) >= 11 is 5.97. The highest BCUT2D eigenvalue weighted by Crippen LogP contribution is 2.21. The zero-order chi connectivity index (χ0) is 8.10. The first kappa shape index (κ1) is 8.35. The van der Waals surface area contributed by atoms with Crippen molar-refractivity contribution in [2.45, 2.75) is 12.8 Å². The molecule has 0 fully saturated rings. The zero-order valence-corrected chi connectivity index (χ0v) is 7.14. The molecule has 1 rings (SSSR count). The number of hydrogen-bond donors (Lipinski definition) is 0. The molecule has 0 aliphatic heterocycles. The average Bonchev–Trinajstić information content (AvgIpc) is 2.18. The van der Waals surface area contributed by atoms with Crippen LogP contribution in [0, 0.1) is 0 Å². The van der Waals surface area contributed by atoms with E-state index in [4.69, 9.17) is 11.6 Å². The Labute approximate surface area is 72.6 Å². The van der Waals surface area contributed by atoms with E-state index < -0.39 is 0 Å². The molecule has 1 aliphatic rings. The monoisotopic (exact) mass is 166 g/mol. The van der Waals surface area contributed by atoms with E-state index in [1.807, 2.05) is 24.3 Å². The van der Waals surface area contributed by atoms with Gasteiger partial charge in [-0.25, -0.2) is 0 Å². The van der Waals surface area contributed by atoms with Gasteiger partial charge in [0.1, 0.15) is 0 Å². The highest BCUT2D eigenvalue weighted by molar-refractivity contribution is 6.32. The maximum absolute atomic E-state index is 5.97. The third-order valence-corrected chi connectivity index (χ3v) is 1.93. The van der Waals surface area contributed by atoms with E-state index in [1.54, 1.807) is 0 Å². The van der Waals surface area contributed by atoms with Gasteiger partial charge in [0.05, 0.1) is 0 Å². The van der Waals surface area contributed by atoms with Gasteiger partial charge in [-0.05, 0) is 18.4 Å². The van der Waals surface area contributed by atoms with Gasteiger partial charge in [-0.15, -0.1) is 6.58 Å². The van der Waals surface area contributed by atoms with E-state index >= 15 is 0 Å². The molecule has 0 aromatic heterocycles. The summed E-state index contributed by atoms with van der Waals surface area (Å²) in [5.74, 6) is 0. The van der Waals surface area contributed by atoms with Crippen LogP contribution in [-0.2, 0) is 0 Å². The fourth-order valence-corrected chi connectivity index (χ4v) is 1.20. The van der Waals surface area contributed by atoms with Gasteiger partial charge in [0.25, 0.3) is 0 Å². The Balaban J connectivity index is 2.79. The van der Waals surface area contributed by atoms with Crippen molar-refractivity contribution in [3.63, 3.8) is 0 Å². The summed E-state index contributed by atoms with van der Waals surface area (Å²) in [6.07, 6.45) is 11.8. The largest absolute Gasteiger partial charge is 0.103 e. The minimum absolute atomic E-state index is 0.847. The van der Waals surface area contributed by atoms with Crippen molar-refractivity contribution < 1.29 is 0 Å². The van der Waals surface area contributed by atoms with E-state index in [1.165, 1.54) is 0 Å². The summed E-state index contributed by atoms with van der Waals surface area (Å²) < 4.78 is 0. The molecule has 11 heavy (non-hydrogen) atoms. The molecule has 1 heteroatoms. The molecule has 0 N–H and O–H groups in total. The van der Waals surface area contributed by atoms with Crippen molar-refractivity contribution in [3.05, 3.63) is 47.6 Å². The average molecular weight is 167 g/mol. The lowest BCUT2D eigenvalue weighted by atomic mass is 10.1. The predicted molar refractivity (Wildman–Crippen MR) is 50.6 cm³/mol. The van der Waals surface area contributed by atoms with Gasteiger partial charge in [-0.2, -0.15) is 0 Å². The van der Waals surface area contributed by atoms with Crippen molar-refractivity contribution in [2.24, 2.45) is 0 Å². The van der Waals surface area contributed by atoms with E-state index in [0.717, 1.165) is 23.4 Å². The summed E-state index contributed by atoms with van der Waals surface area (Å²) in [5, 5.41) is 0.856. The lowest BCUT2D eigenvalue weighted by Crippen LogP contribution is -1.79. The Morgan fingerprint density at radius 3 is 3.18 bits per heavy atom. The second kappa shape index (κ2) is 4.20. The molecule has 1 aliphatic carbocycles. The third-order valence-electron chi connectivity index (χ3n) is 1.54. The van der Waals surface area contributed by atoms with Crippen LogP contribution in [0.4, 0.5) is 0 Å². The summed E-state index contributed by atoms with van der Waals surface area (Å²) in [4.78, 5) is 0. The summed E-state index contributed by atoms with van der Waals surface area (Å²) in [5.41, 5.74) is 1.15. The van der Waals surface area contributed by atoms with E-state index in [2.05, 4.69) is 12.7 Å². The normalized spacial score (nSPS) is 16.8. The van der Waals surface area contributed by atoms with Gasteiger partial charge in [0, 0.05) is 5.03 Å². The van der Waals surface area contributed by atoms with Gasteiger partial charge in [-0.3, -0.25) is 0 Å². The van der Waals surface area contributed by atoms with Crippen LogP contribution in [0.2, 0.25) is 0 Å². The van der Waals surface area contributed by atoms with Crippen LogP contribution in [0.5, 0.6) is 0 Å². The first-order valence-electron chi connectivity index (χ1n) is 3.67. The maximum atomic E-state index is 5.97. The second-order valence-corrected chi connectivity index (χ2v) is 2.81. The molecule has 0 atom stereocenters. The molecule has 0 saturated carbocycles. The molecule has 0 radical (unpaired) electrons. The number of halogens is 1. The Kier molecular flexibility index (Phi) is 3.18. The molecule has 58 valence electrons. The lowest BCUT2D eigenvalue weighted by molar-refractivity contribution is 1.27. The van der Waals surface area contributed by atoms with Crippen molar-refractivity contribution in [1.82, 2.24) is 0 Å². The molecule has 0 heterocycles. The fourth-order valence-electron chi connectivity index (χ4n) is 0.966. The van der Waals surface area contributed by atoms with Crippen LogP contribution >= 0.6 is 11.6 Å². The number of hydrogen-bond acceptors (Lipinski definition) is 0. The summed E-state index contributed by atoms with van der Waals surface area (Å²) in [7, 11) is 0. The number of rotatable bonds is 2. The van der Waals surface area contributed by atoms with E-state index in [0.29, 0.717) is 0 Å². The van der Waals surface area contributed by atoms with Gasteiger partial charge in [-0.1, -0.05) is 42.0 Å². The minimum atomic E-state index is 0.847. The van der Waals surface area contributed by atoms with Crippen molar-refractivity contribution in [3.8, 4) is 0 Å². The second-order valence-electron chi connectivity index (χ2n) is 2.40. The molecule has 0 aromatic carbocycles. The van der Waals surface area contributed by atoms with Crippen molar-refractivity contribution >= 4 is 11.6 Å². The predicted octanol–water partition coefficient (Wildman–Crippen LogP) is 3.57. The Morgan fingerprint density at radius 1 is 1.64 bits per heavy atom. The summed E-state index contributed by atoms with van der Waals surface area (Å²) in [6.45, 7) is 3.67. The van der Waals surface area contributed by atoms with Crippen LogP contribution in [0.15, 0.2) is 47.6 Å². The lowest BCUT2D eigenvalue weighted by Gasteiger charge is -1.99. The smallest absolute Gasteiger partial charge is 0.0404 e. The van der Waals surface area contributed by atoms with Crippen LogP contribution < -0.4 is 0 Å². The molecule has 0 unspecified atom stereocenters. The van der Waals surface area contributed by atoms with Crippen molar-refractivity contribution in [1.29, 1.82) is 0 Å². The molecule has 0 bridgehead atoms. The standard InChI is InChI=1S/C10H11Cl/c1-2-6-9-7-4-3-5-8-10(9)11/h2-4,7-8H,1,5-6H2. The highest BCUT2D eigenvalue weighted by Gasteiger charge is 1.99. The van der Waals surface area contributed by atoms with Crippen molar-refractivity contribution in [2.75, 3.05) is 0 Å². The Bertz CT molecular complexity index is 231. The van der Waals surface area contributed by atoms with E-state index in [9.17, 15) is 0 Å². The van der Waals surface area contributed by atoms with Gasteiger partial charge in [0.2, 0.25) is 0 Å². The highest BCUT2D eigenvalue weighted by atomic mass is 35.5. The van der Waals surface area contributed by atoms with Crippen LogP contribution in [0.1, 0.15) is 12.8 Å². The van der Waals surface area contributed by atoms with E-state index in [-0.39, 0.29) is 0 Å². The molecule has 0 aromatic rings.